The van der Waals surface area contributed by atoms with E-state index in [9.17, 15) is 14.3 Å². The average molecular weight is 357 g/mol. The predicted octanol–water partition coefficient (Wildman–Crippen LogP) is 2.93. The zero-order valence-corrected chi connectivity index (χ0v) is 14.1. The number of carbonyl (C=O) groups excluding carboxylic acids is 1. The minimum atomic E-state index is -0.909. The highest BCUT2D eigenvalue weighted by Gasteiger charge is 2.29. The molecule has 0 aliphatic carbocycles. The van der Waals surface area contributed by atoms with E-state index in [1.807, 2.05) is 0 Å². The lowest BCUT2D eigenvalue weighted by Gasteiger charge is -2.26. The first kappa shape index (κ1) is 16.6. The summed E-state index contributed by atoms with van der Waals surface area (Å²) in [4.78, 5) is 12.7. The van der Waals surface area contributed by atoms with Crippen LogP contribution < -0.4 is 10.6 Å². The summed E-state index contributed by atoms with van der Waals surface area (Å²) in [6, 6.07) is 4.65. The molecule has 2 heterocycles. The van der Waals surface area contributed by atoms with Crippen LogP contribution in [0.25, 0.3) is 10.1 Å². The number of rotatable bonds is 3. The van der Waals surface area contributed by atoms with Gasteiger partial charge in [0.15, 0.2) is 0 Å². The topological polar surface area (TPSA) is 61.4 Å². The molecular weight excluding hydrogens is 339 g/mol. The molecule has 3 N–H and O–H groups in total. The average Bonchev–Trinajstić information content (AvgIpc) is 2.72. The van der Waals surface area contributed by atoms with Gasteiger partial charge in [-0.2, -0.15) is 0 Å². The maximum Gasteiger partial charge on any atom is 0.263 e. The van der Waals surface area contributed by atoms with Gasteiger partial charge in [-0.1, -0.05) is 17.7 Å². The Hall–Kier alpha value is -1.21. The Balaban J connectivity index is 1.76. The first-order valence-electron chi connectivity index (χ1n) is 7.58. The summed E-state index contributed by atoms with van der Waals surface area (Å²) in [6.45, 7) is 1.76. The third kappa shape index (κ3) is 3.50. The Bertz CT molecular complexity index is 726. The van der Waals surface area contributed by atoms with Crippen molar-refractivity contribution in [3.05, 3.63) is 33.9 Å². The lowest BCUT2D eigenvalue weighted by atomic mass is 9.95. The van der Waals surface area contributed by atoms with Crippen LogP contribution in [0.5, 0.6) is 0 Å². The number of amides is 1. The number of carbonyl (C=O) groups is 1. The second kappa shape index (κ2) is 6.73. The molecule has 0 saturated carbocycles. The van der Waals surface area contributed by atoms with Gasteiger partial charge in [0.2, 0.25) is 0 Å². The molecular formula is C16H18ClFN2O2S. The van der Waals surface area contributed by atoms with Crippen LogP contribution >= 0.6 is 22.9 Å². The van der Waals surface area contributed by atoms with Crippen molar-refractivity contribution < 1.29 is 14.3 Å². The van der Waals surface area contributed by atoms with Crippen LogP contribution in [-0.4, -0.2) is 36.2 Å². The van der Waals surface area contributed by atoms with Crippen molar-refractivity contribution in [3.63, 3.8) is 0 Å². The Morgan fingerprint density at radius 3 is 3.04 bits per heavy atom. The zero-order chi connectivity index (χ0) is 16.4. The first-order chi connectivity index (χ1) is 11.0. The molecule has 0 radical (unpaired) electrons. The molecule has 0 spiro atoms. The zero-order valence-electron chi connectivity index (χ0n) is 12.5. The minimum absolute atomic E-state index is 0.134. The number of nitrogens with one attached hydrogen (secondary N) is 2. The molecule has 7 heteroatoms. The van der Waals surface area contributed by atoms with Gasteiger partial charge < -0.3 is 15.7 Å². The highest BCUT2D eigenvalue weighted by molar-refractivity contribution is 7.21. The van der Waals surface area contributed by atoms with E-state index in [1.54, 1.807) is 12.1 Å². The SMILES string of the molecule is O=C(NC[C@]1(O)CCCNCC1)c1sc2cccc(F)c2c1Cl. The van der Waals surface area contributed by atoms with Crippen molar-refractivity contribution in [1.29, 1.82) is 0 Å². The van der Waals surface area contributed by atoms with E-state index in [4.69, 9.17) is 11.6 Å². The van der Waals surface area contributed by atoms with Crippen LogP contribution in [0, 0.1) is 5.82 Å². The van der Waals surface area contributed by atoms with Gasteiger partial charge in [-0.25, -0.2) is 4.39 Å². The van der Waals surface area contributed by atoms with E-state index < -0.39 is 11.4 Å². The fraction of sp³-hybridized carbons (Fsp3) is 0.438. The van der Waals surface area contributed by atoms with Crippen molar-refractivity contribution >= 4 is 38.9 Å². The molecule has 1 aliphatic rings. The summed E-state index contributed by atoms with van der Waals surface area (Å²) in [7, 11) is 0. The Morgan fingerprint density at radius 2 is 2.26 bits per heavy atom. The van der Waals surface area contributed by atoms with Crippen molar-refractivity contribution in [2.75, 3.05) is 19.6 Å². The Morgan fingerprint density at radius 1 is 1.43 bits per heavy atom. The second-order valence-electron chi connectivity index (χ2n) is 5.87. The van der Waals surface area contributed by atoms with Crippen molar-refractivity contribution in [2.24, 2.45) is 0 Å². The van der Waals surface area contributed by atoms with Gasteiger partial charge in [0, 0.05) is 16.6 Å². The normalized spacial score (nSPS) is 22.0. The van der Waals surface area contributed by atoms with E-state index in [1.165, 1.54) is 6.07 Å². The van der Waals surface area contributed by atoms with Crippen molar-refractivity contribution in [3.8, 4) is 0 Å². The number of aliphatic hydroxyl groups is 1. The van der Waals surface area contributed by atoms with Gasteiger partial charge in [0.05, 0.1) is 10.6 Å². The van der Waals surface area contributed by atoms with Crippen molar-refractivity contribution in [2.45, 2.75) is 24.9 Å². The largest absolute Gasteiger partial charge is 0.388 e. The molecule has 1 aromatic carbocycles. The van der Waals surface area contributed by atoms with E-state index in [0.29, 0.717) is 17.5 Å². The van der Waals surface area contributed by atoms with Crippen LogP contribution in [-0.2, 0) is 0 Å². The van der Waals surface area contributed by atoms with Crippen LogP contribution in [0.1, 0.15) is 28.9 Å². The highest BCUT2D eigenvalue weighted by atomic mass is 35.5. The summed E-state index contributed by atoms with van der Waals surface area (Å²) in [5, 5.41) is 16.9. The van der Waals surface area contributed by atoms with Crippen LogP contribution in [0.3, 0.4) is 0 Å². The Labute approximate surface area is 142 Å². The van der Waals surface area contributed by atoms with Gasteiger partial charge in [-0.3, -0.25) is 4.79 Å². The maximum absolute atomic E-state index is 13.9. The summed E-state index contributed by atoms with van der Waals surface area (Å²) < 4.78 is 14.5. The quantitative estimate of drug-likeness (QED) is 0.792. The van der Waals surface area contributed by atoms with E-state index in [-0.39, 0.29) is 27.7 Å². The molecule has 0 bridgehead atoms. The van der Waals surface area contributed by atoms with Gasteiger partial charge in [0.1, 0.15) is 10.7 Å². The molecule has 124 valence electrons. The predicted molar refractivity (Wildman–Crippen MR) is 90.8 cm³/mol. The van der Waals surface area contributed by atoms with E-state index >= 15 is 0 Å². The van der Waals surface area contributed by atoms with Gasteiger partial charge in [-0.05, 0) is 44.5 Å². The summed E-state index contributed by atoms with van der Waals surface area (Å²) >= 11 is 7.33. The standard InChI is InChI=1S/C16H18ClFN2O2S/c17-13-12-10(18)3-1-4-11(12)23-14(13)15(21)20-9-16(22)5-2-7-19-8-6-16/h1,3-4,19,22H,2,5-9H2,(H,20,21)/t16-/m0/s1. The summed E-state index contributed by atoms with van der Waals surface area (Å²) in [5.74, 6) is -0.808. The smallest absolute Gasteiger partial charge is 0.263 e. The van der Waals surface area contributed by atoms with Crippen molar-refractivity contribution in [1.82, 2.24) is 10.6 Å². The monoisotopic (exact) mass is 356 g/mol. The minimum Gasteiger partial charge on any atom is -0.388 e. The lowest BCUT2D eigenvalue weighted by molar-refractivity contribution is 0.0276. The number of fused-ring (bicyclic) bond motifs is 1. The summed E-state index contributed by atoms with van der Waals surface area (Å²) in [5.41, 5.74) is -0.909. The maximum atomic E-state index is 13.9. The molecule has 23 heavy (non-hydrogen) atoms. The highest BCUT2D eigenvalue weighted by Crippen LogP contribution is 2.36. The number of hydrogen-bond donors (Lipinski definition) is 3. The van der Waals surface area contributed by atoms with Crippen LogP contribution in [0.4, 0.5) is 4.39 Å². The van der Waals surface area contributed by atoms with Crippen LogP contribution in [0.2, 0.25) is 5.02 Å². The Kier molecular flexibility index (Phi) is 4.87. The van der Waals surface area contributed by atoms with Gasteiger partial charge in [-0.15, -0.1) is 11.3 Å². The second-order valence-corrected chi connectivity index (χ2v) is 7.30. The third-order valence-electron chi connectivity index (χ3n) is 4.15. The molecule has 1 atom stereocenters. The number of hydrogen-bond acceptors (Lipinski definition) is 4. The molecule has 1 fully saturated rings. The fourth-order valence-electron chi connectivity index (χ4n) is 2.83. The van der Waals surface area contributed by atoms with Gasteiger partial charge in [0.25, 0.3) is 5.91 Å². The molecule has 1 amide bonds. The van der Waals surface area contributed by atoms with Gasteiger partial charge >= 0.3 is 0 Å². The number of halogens is 2. The third-order valence-corrected chi connectivity index (χ3v) is 5.80. The fourth-order valence-corrected chi connectivity index (χ4v) is 4.31. The lowest BCUT2D eigenvalue weighted by Crippen LogP contribution is -2.43. The number of benzene rings is 1. The summed E-state index contributed by atoms with van der Waals surface area (Å²) in [6.07, 6.45) is 2.08. The first-order valence-corrected chi connectivity index (χ1v) is 8.77. The number of thiophene rings is 1. The molecule has 4 nitrogen and oxygen atoms in total. The molecule has 2 aromatic rings. The van der Waals surface area contributed by atoms with Crippen LogP contribution in [0.15, 0.2) is 18.2 Å². The molecule has 0 unspecified atom stereocenters. The van der Waals surface area contributed by atoms with E-state index in [0.717, 1.165) is 30.8 Å². The molecule has 1 saturated heterocycles. The molecule has 1 aliphatic heterocycles. The molecule has 1 aromatic heterocycles. The van der Waals surface area contributed by atoms with E-state index in [2.05, 4.69) is 10.6 Å². The molecule has 3 rings (SSSR count).